The summed E-state index contributed by atoms with van der Waals surface area (Å²) in [6, 6.07) is 0. The van der Waals surface area contributed by atoms with Crippen LogP contribution in [-0.4, -0.2) is 0 Å². The Kier molecular flexibility index (Phi) is 17.2. The summed E-state index contributed by atoms with van der Waals surface area (Å²) < 4.78 is 0. The van der Waals surface area contributed by atoms with Gasteiger partial charge in [-0.2, -0.15) is 0 Å². The minimum Gasteiger partial charge on any atom is -0.147 e. The monoisotopic (exact) mass is 309 g/mol. The summed E-state index contributed by atoms with van der Waals surface area (Å²) in [6.07, 6.45) is 8.74. The molecule has 0 radical (unpaired) electrons. The van der Waals surface area contributed by atoms with Crippen molar-refractivity contribution in [2.24, 2.45) is 0 Å². The number of halogens is 1. The molecular formula is C12H28ClRu. The Labute approximate surface area is 103 Å². The first-order chi connectivity index (χ1) is 6.35. The van der Waals surface area contributed by atoms with E-state index in [1.54, 1.807) is 15.0 Å². The number of rotatable bonds is 9. The van der Waals surface area contributed by atoms with E-state index in [1.165, 1.54) is 38.5 Å². The topological polar surface area (TPSA) is 0 Å². The Morgan fingerprint density at radius 3 is 1.14 bits per heavy atom. The van der Waals surface area contributed by atoms with Crippen molar-refractivity contribution in [3.63, 3.8) is 0 Å². The number of hydrogen-bond acceptors (Lipinski definition) is 0. The maximum absolute atomic E-state index is 2.33. The molecule has 91 valence electrons. The molecule has 0 spiro atoms. The van der Waals surface area contributed by atoms with Crippen LogP contribution in [0.5, 0.6) is 0 Å². The van der Waals surface area contributed by atoms with Gasteiger partial charge in [-0.1, -0.05) is 0 Å². The first kappa shape index (κ1) is 17.3. The second-order valence-electron chi connectivity index (χ2n) is 3.62. The molecule has 2 heteroatoms. The molecular weight excluding hydrogens is 281 g/mol. The maximum atomic E-state index is 2.33. The van der Waals surface area contributed by atoms with Crippen LogP contribution in [0.15, 0.2) is 0 Å². The molecule has 0 aromatic rings. The molecule has 0 heterocycles. The van der Waals surface area contributed by atoms with Crippen molar-refractivity contribution in [1.29, 1.82) is 0 Å². The average Bonchev–Trinajstić information content (AvgIpc) is 2.17. The van der Waals surface area contributed by atoms with Crippen molar-refractivity contribution in [3.05, 3.63) is 0 Å². The molecule has 0 bridgehead atoms. The molecule has 0 rings (SSSR count). The molecule has 0 unspecified atom stereocenters. The zero-order chi connectivity index (χ0) is 9.94. The summed E-state index contributed by atoms with van der Waals surface area (Å²) in [4.78, 5) is 0. The molecule has 0 atom stereocenters. The van der Waals surface area contributed by atoms with E-state index in [9.17, 15) is 0 Å². The van der Waals surface area contributed by atoms with Crippen molar-refractivity contribution in [3.8, 4) is 0 Å². The van der Waals surface area contributed by atoms with E-state index in [2.05, 4.69) is 20.8 Å². The van der Waals surface area contributed by atoms with Gasteiger partial charge in [0, 0.05) is 0 Å². The second-order valence-corrected chi connectivity index (χ2v) is 8.84. The predicted molar refractivity (Wildman–Crippen MR) is 66.4 cm³/mol. The first-order valence-electron chi connectivity index (χ1n) is 5.87. The van der Waals surface area contributed by atoms with Crippen molar-refractivity contribution < 1.29 is 16.0 Å². The van der Waals surface area contributed by atoms with Gasteiger partial charge in [-0.3, -0.25) is 0 Å². The van der Waals surface area contributed by atoms with Crippen LogP contribution in [0.2, 0.25) is 15.0 Å². The summed E-state index contributed by atoms with van der Waals surface area (Å²) in [5.41, 5.74) is 0. The van der Waals surface area contributed by atoms with Crippen LogP contribution < -0.4 is 0 Å². The third-order valence-electron chi connectivity index (χ3n) is 2.19. The smallest absolute Gasteiger partial charge is 0.147 e. The van der Waals surface area contributed by atoms with E-state index < -0.39 is 0 Å². The fourth-order valence-corrected chi connectivity index (χ4v) is 6.92. The second kappa shape index (κ2) is 13.9. The summed E-state index contributed by atoms with van der Waals surface area (Å²) in [5, 5.41) is 4.88. The SMILES string of the molecule is CCC[CH2][Ru]([CH2]CCC)[CH2]CCC.Cl. The van der Waals surface area contributed by atoms with E-state index >= 15 is 0 Å². The predicted octanol–water partition coefficient (Wildman–Crippen LogP) is 5.68. The fourth-order valence-electron chi connectivity index (χ4n) is 1.17. The Morgan fingerprint density at radius 1 is 0.643 bits per heavy atom. The quantitative estimate of drug-likeness (QED) is 0.481. The summed E-state index contributed by atoms with van der Waals surface area (Å²) in [5.74, 6) is 0. The number of unbranched alkanes of at least 4 members (excludes halogenated alkanes) is 3. The molecule has 0 aliphatic heterocycles. The van der Waals surface area contributed by atoms with Gasteiger partial charge in [0.2, 0.25) is 0 Å². The van der Waals surface area contributed by atoms with Crippen molar-refractivity contribution in [1.82, 2.24) is 0 Å². The van der Waals surface area contributed by atoms with Crippen LogP contribution in [0.4, 0.5) is 0 Å². The van der Waals surface area contributed by atoms with Crippen LogP contribution in [0.25, 0.3) is 0 Å². The molecule has 0 aliphatic rings. The first-order valence-corrected chi connectivity index (χ1v) is 9.56. The Hall–Kier alpha value is 0.913. The molecule has 0 amide bonds. The molecule has 0 nitrogen and oxygen atoms in total. The molecule has 0 aromatic carbocycles. The number of hydrogen-bond donors (Lipinski definition) is 0. The molecule has 0 saturated heterocycles. The maximum Gasteiger partial charge on any atom is -0.147 e. The van der Waals surface area contributed by atoms with Crippen LogP contribution in [0.1, 0.15) is 59.3 Å². The van der Waals surface area contributed by atoms with Gasteiger partial charge in [0.15, 0.2) is 0 Å². The van der Waals surface area contributed by atoms with Gasteiger partial charge in [0.1, 0.15) is 0 Å². The van der Waals surface area contributed by atoms with Gasteiger partial charge in [0.25, 0.3) is 0 Å². The Morgan fingerprint density at radius 2 is 0.929 bits per heavy atom. The molecule has 14 heavy (non-hydrogen) atoms. The van der Waals surface area contributed by atoms with Gasteiger partial charge < -0.3 is 0 Å². The van der Waals surface area contributed by atoms with Crippen LogP contribution in [0, 0.1) is 0 Å². The minimum atomic E-state index is -0.329. The summed E-state index contributed by atoms with van der Waals surface area (Å²) in [7, 11) is 0. The normalized spacial score (nSPS) is 10.9. The van der Waals surface area contributed by atoms with Gasteiger partial charge in [-0.05, 0) is 0 Å². The van der Waals surface area contributed by atoms with Crippen LogP contribution in [0.3, 0.4) is 0 Å². The van der Waals surface area contributed by atoms with Crippen molar-refractivity contribution in [2.75, 3.05) is 0 Å². The summed E-state index contributed by atoms with van der Waals surface area (Å²) >= 11 is -0.329. The van der Waals surface area contributed by atoms with Gasteiger partial charge in [-0.25, -0.2) is 0 Å². The van der Waals surface area contributed by atoms with Crippen LogP contribution >= 0.6 is 12.4 Å². The van der Waals surface area contributed by atoms with Crippen molar-refractivity contribution >= 4 is 12.4 Å². The zero-order valence-electron chi connectivity index (χ0n) is 10.1. The van der Waals surface area contributed by atoms with Crippen molar-refractivity contribution in [2.45, 2.75) is 74.3 Å². The Bertz CT molecular complexity index is 77.3. The van der Waals surface area contributed by atoms with E-state index in [0.29, 0.717) is 0 Å². The van der Waals surface area contributed by atoms with E-state index in [1.807, 2.05) is 0 Å². The van der Waals surface area contributed by atoms with Gasteiger partial charge in [-0.15, -0.1) is 12.4 Å². The summed E-state index contributed by atoms with van der Waals surface area (Å²) in [6.45, 7) is 6.98. The van der Waals surface area contributed by atoms with Gasteiger partial charge in [0.05, 0.1) is 0 Å². The average molecular weight is 309 g/mol. The van der Waals surface area contributed by atoms with E-state index in [0.717, 1.165) is 0 Å². The fraction of sp³-hybridized carbons (Fsp3) is 1.00. The van der Waals surface area contributed by atoms with Crippen LogP contribution in [-0.2, 0) is 16.0 Å². The molecule has 0 fully saturated rings. The molecule has 0 N–H and O–H groups in total. The zero-order valence-corrected chi connectivity index (χ0v) is 12.7. The minimum absolute atomic E-state index is 0. The standard InChI is InChI=1S/3C4H9.ClH.Ru/c3*1-3-4-2;;/h3*1,3-4H2,2H3;1H;. The van der Waals surface area contributed by atoms with E-state index in [-0.39, 0.29) is 28.4 Å². The third kappa shape index (κ3) is 11.0. The largest absolute Gasteiger partial charge is 0.147 e. The Balaban J connectivity index is 0. The molecule has 0 saturated carbocycles. The molecule has 0 aromatic heterocycles. The van der Waals surface area contributed by atoms with Gasteiger partial charge >= 0.3 is 90.3 Å². The molecule has 0 aliphatic carbocycles. The third-order valence-corrected chi connectivity index (χ3v) is 7.72. The van der Waals surface area contributed by atoms with E-state index in [4.69, 9.17) is 0 Å².